The van der Waals surface area contributed by atoms with Crippen molar-refractivity contribution in [1.82, 2.24) is 0 Å². The van der Waals surface area contributed by atoms with Gasteiger partial charge in [0.25, 0.3) is 0 Å². The largest absolute Gasteiger partial charge is 0.743 e. The summed E-state index contributed by atoms with van der Waals surface area (Å²) >= 11 is 0. The predicted octanol–water partition coefficient (Wildman–Crippen LogP) is 8.92. The van der Waals surface area contributed by atoms with E-state index < -0.39 is 42.6 Å². The molecule has 0 saturated heterocycles. The van der Waals surface area contributed by atoms with Gasteiger partial charge in [-0.15, -0.1) is 0 Å². The Balaban J connectivity index is 0.000000205. The van der Waals surface area contributed by atoms with E-state index in [-0.39, 0.29) is 44.8 Å². The maximum atomic E-state index is 12.5. The fraction of sp³-hybridized carbons (Fsp3) is 0.100. The molecule has 6 rings (SSSR count). The Morgan fingerprint density at radius 1 is 0.339 bits per heavy atom. The molecule has 0 aliphatic carbocycles. The number of hydrogen-bond acceptors (Lipinski definition) is 10. The van der Waals surface area contributed by atoms with E-state index in [9.17, 15) is 81.5 Å². The Labute approximate surface area is 354 Å². The van der Waals surface area contributed by atoms with Gasteiger partial charge in [-0.3, -0.25) is 0 Å². The molecule has 330 valence electrons. The molecule has 0 bridgehead atoms. The van der Waals surface area contributed by atoms with Crippen LogP contribution in [0.1, 0.15) is 0 Å². The monoisotopic (exact) mass is 950 g/mol. The lowest BCUT2D eigenvalue weighted by atomic mass is 10.2. The van der Waals surface area contributed by atoms with Crippen LogP contribution in [0.2, 0.25) is 0 Å². The summed E-state index contributed by atoms with van der Waals surface area (Å²) in [6.07, 6.45) is 0. The van der Waals surface area contributed by atoms with Gasteiger partial charge in [-0.25, -0.2) is 16.8 Å². The summed E-state index contributed by atoms with van der Waals surface area (Å²) in [5, 5.41) is 23.3. The van der Waals surface area contributed by atoms with Crippen LogP contribution in [0.3, 0.4) is 0 Å². The Morgan fingerprint density at radius 2 is 0.516 bits per heavy atom. The van der Waals surface area contributed by atoms with Crippen molar-refractivity contribution in [2.24, 2.45) is 0 Å². The maximum Gasteiger partial charge on any atom is 0.402 e. The number of alkyl halides is 8. The molecule has 0 radical (unpaired) electrons. The molecular formula is C40H30F8O10S4. The molecule has 0 aliphatic heterocycles. The van der Waals surface area contributed by atoms with Gasteiger partial charge in [0, 0.05) is 0 Å². The average Bonchev–Trinajstić information content (AvgIpc) is 3.21. The molecule has 0 unspecified atom stereocenters. The van der Waals surface area contributed by atoms with Crippen molar-refractivity contribution in [1.29, 1.82) is 0 Å². The highest BCUT2D eigenvalue weighted by molar-refractivity contribution is 7.97. The van der Waals surface area contributed by atoms with Crippen LogP contribution in [0.4, 0.5) is 35.1 Å². The van der Waals surface area contributed by atoms with Crippen LogP contribution in [0, 0.1) is 0 Å². The number of hydrogen-bond donors (Lipinski definition) is 4. The molecular weight excluding hydrogens is 921 g/mol. The first-order chi connectivity index (χ1) is 28.7. The van der Waals surface area contributed by atoms with E-state index in [1.54, 1.807) is 48.5 Å². The molecule has 22 heteroatoms. The highest BCUT2D eigenvalue weighted by Crippen LogP contribution is 2.55. The van der Waals surface area contributed by atoms with Gasteiger partial charge in [0.1, 0.15) is 23.0 Å². The summed E-state index contributed by atoms with van der Waals surface area (Å²) in [5.74, 6) is -14.3. The number of phenols is 4. The topological polar surface area (TPSA) is 195 Å². The van der Waals surface area contributed by atoms with Crippen LogP contribution in [0.25, 0.3) is 0 Å². The third kappa shape index (κ3) is 10.9. The van der Waals surface area contributed by atoms with Crippen molar-refractivity contribution in [2.75, 3.05) is 0 Å². The number of rotatable bonds is 11. The molecule has 6 aromatic rings. The van der Waals surface area contributed by atoms with E-state index in [1.807, 2.05) is 84.9 Å². The predicted molar refractivity (Wildman–Crippen MR) is 209 cm³/mol. The minimum Gasteiger partial charge on any atom is -0.743 e. The van der Waals surface area contributed by atoms with E-state index in [0.29, 0.717) is 0 Å². The van der Waals surface area contributed by atoms with Crippen LogP contribution >= 0.6 is 0 Å². The number of aromatic hydroxyl groups is 4. The molecule has 4 N–H and O–H groups in total. The average molecular weight is 951 g/mol. The van der Waals surface area contributed by atoms with Crippen LogP contribution in [-0.2, 0) is 42.0 Å². The highest BCUT2D eigenvalue weighted by Gasteiger charge is 2.84. The number of benzene rings is 6. The molecule has 0 aliphatic rings. The lowest BCUT2D eigenvalue weighted by molar-refractivity contribution is -0.327. The quantitative estimate of drug-likeness (QED) is 0.0553. The zero-order valence-corrected chi connectivity index (χ0v) is 34.2. The van der Waals surface area contributed by atoms with E-state index in [2.05, 4.69) is 24.3 Å². The minimum absolute atomic E-state index is 0.253. The molecule has 0 fully saturated rings. The first-order valence-corrected chi connectivity index (χ1v) is 22.2. The van der Waals surface area contributed by atoms with Gasteiger partial charge >= 0.3 is 22.4 Å². The summed E-state index contributed by atoms with van der Waals surface area (Å²) in [6, 6.07) is 49.7. The smallest absolute Gasteiger partial charge is 0.402 e. The molecule has 0 heterocycles. The zero-order chi connectivity index (χ0) is 46.3. The molecule has 0 amide bonds. The van der Waals surface area contributed by atoms with E-state index in [4.69, 9.17) is 0 Å². The van der Waals surface area contributed by atoms with Gasteiger partial charge in [0.2, 0.25) is 0 Å². The standard InChI is InChI=1S/2C18H14O2S.C4H2F8O6S2/c2*19-14-6-10-17(11-7-14)21(16-4-2-1-3-5-16)18-12-8-15(20)9-13-18;5-1(6,3(9,10)19(13,14)15)2(7,8)4(11,12)20(16,17)18/h2*1-13H,(H-,19,20);(H,13,14,15)(H,16,17,18). The molecule has 0 aromatic heterocycles. The second-order valence-corrected chi connectivity index (χ2v) is 19.2. The zero-order valence-electron chi connectivity index (χ0n) is 30.9. The lowest BCUT2D eigenvalue weighted by Crippen LogP contribution is -2.66. The van der Waals surface area contributed by atoms with E-state index in [0.717, 1.165) is 19.6 Å². The van der Waals surface area contributed by atoms with Crippen LogP contribution in [-0.4, -0.2) is 68.7 Å². The summed E-state index contributed by atoms with van der Waals surface area (Å²) in [5.41, 5.74) is 0. The molecule has 0 atom stereocenters. The van der Waals surface area contributed by atoms with Crippen molar-refractivity contribution in [3.05, 3.63) is 158 Å². The maximum absolute atomic E-state index is 12.5. The van der Waals surface area contributed by atoms with Crippen LogP contribution < -0.4 is 0 Å². The molecule has 6 aromatic carbocycles. The van der Waals surface area contributed by atoms with Gasteiger partial charge in [-0.2, -0.15) is 35.1 Å². The number of halogens is 8. The highest BCUT2D eigenvalue weighted by atomic mass is 32.2. The van der Waals surface area contributed by atoms with E-state index in [1.165, 1.54) is 9.79 Å². The Kier molecular flexibility index (Phi) is 15.3. The SMILES string of the molecule is O=S(=O)([O-])C(F)(F)C(F)(F)C(F)(F)C(F)(F)S(=O)(=O)[O-].Oc1ccc([S+](c2ccccc2)c2ccc(O)cc2)cc1.Oc1ccc([S+](c2ccccc2)c2ccc(O)cc2)cc1. The van der Waals surface area contributed by atoms with Gasteiger partial charge in [0.15, 0.2) is 49.6 Å². The molecule has 0 saturated carbocycles. The van der Waals surface area contributed by atoms with Gasteiger partial charge in [-0.1, -0.05) is 36.4 Å². The summed E-state index contributed by atoms with van der Waals surface area (Å²) in [4.78, 5) is 6.92. The van der Waals surface area contributed by atoms with Gasteiger partial charge in [0.05, 0.1) is 21.8 Å². The second-order valence-electron chi connectivity index (χ2n) is 12.3. The molecule has 0 spiro atoms. The summed E-state index contributed by atoms with van der Waals surface area (Å²) in [7, 11) is -15.7. The van der Waals surface area contributed by atoms with Crippen LogP contribution in [0.15, 0.2) is 187 Å². The third-order valence-electron chi connectivity index (χ3n) is 8.00. The molecule has 62 heavy (non-hydrogen) atoms. The lowest BCUT2D eigenvalue weighted by Gasteiger charge is -2.37. The van der Waals surface area contributed by atoms with E-state index >= 15 is 0 Å². The fourth-order valence-electron chi connectivity index (χ4n) is 4.94. The van der Waals surface area contributed by atoms with Gasteiger partial charge in [-0.05, 0) is 121 Å². The summed E-state index contributed by atoms with van der Waals surface area (Å²) < 4.78 is 158. The third-order valence-corrected chi connectivity index (χ3v) is 14.2. The van der Waals surface area contributed by atoms with Crippen LogP contribution in [0.5, 0.6) is 23.0 Å². The Morgan fingerprint density at radius 3 is 0.694 bits per heavy atom. The van der Waals surface area contributed by atoms with Gasteiger partial charge < -0.3 is 29.5 Å². The molecule has 10 nitrogen and oxygen atoms in total. The van der Waals surface area contributed by atoms with Crippen molar-refractivity contribution in [3.63, 3.8) is 0 Å². The Bertz CT molecular complexity index is 2330. The van der Waals surface area contributed by atoms with Crippen molar-refractivity contribution >= 4 is 42.0 Å². The number of phenolic OH excluding ortho intramolecular Hbond substituents is 4. The first kappa shape index (κ1) is 49.1. The Hall–Kier alpha value is -5.52. The van der Waals surface area contributed by atoms with Crippen molar-refractivity contribution in [3.8, 4) is 23.0 Å². The first-order valence-electron chi connectivity index (χ1n) is 16.9. The summed E-state index contributed by atoms with van der Waals surface area (Å²) in [6.45, 7) is 0. The van der Waals surface area contributed by atoms with Crippen molar-refractivity contribution < 1.29 is 81.5 Å². The normalized spacial score (nSPS) is 12.5. The second kappa shape index (κ2) is 19.3. The fourth-order valence-corrected chi connectivity index (χ4v) is 9.95. The minimum atomic E-state index is -7.68. The van der Waals surface area contributed by atoms with Crippen molar-refractivity contribution in [2.45, 2.75) is 51.7 Å².